The van der Waals surface area contributed by atoms with Gasteiger partial charge in [0.25, 0.3) is 5.91 Å². The summed E-state index contributed by atoms with van der Waals surface area (Å²) in [6, 6.07) is 6.31. The fourth-order valence-corrected chi connectivity index (χ4v) is 4.61. The minimum absolute atomic E-state index is 0.0797. The van der Waals surface area contributed by atoms with E-state index in [0.717, 1.165) is 6.42 Å². The van der Waals surface area contributed by atoms with Gasteiger partial charge in [0.1, 0.15) is 5.75 Å². The summed E-state index contributed by atoms with van der Waals surface area (Å²) < 4.78 is 37.3. The minimum Gasteiger partial charge on any atom is -0.494 e. The van der Waals surface area contributed by atoms with E-state index in [9.17, 15) is 18.0 Å². The number of carbonyl (C=O) groups excluding carboxylic acids is 2. The van der Waals surface area contributed by atoms with E-state index in [-0.39, 0.29) is 55.5 Å². The minimum atomic E-state index is -3.62. The average molecular weight is 410 g/mol. The Morgan fingerprint density at radius 1 is 1.11 bits per heavy atom. The molecule has 1 amide bonds. The molecule has 28 heavy (non-hydrogen) atoms. The molecule has 2 fully saturated rings. The molecule has 154 valence electrons. The van der Waals surface area contributed by atoms with Crippen LogP contribution in [0.4, 0.5) is 0 Å². The van der Waals surface area contributed by atoms with Crippen molar-refractivity contribution in [1.29, 1.82) is 0 Å². The van der Waals surface area contributed by atoms with Crippen molar-refractivity contribution in [3.63, 3.8) is 0 Å². The molecule has 0 N–H and O–H groups in total. The van der Waals surface area contributed by atoms with Crippen LogP contribution in [0.3, 0.4) is 0 Å². The summed E-state index contributed by atoms with van der Waals surface area (Å²) in [4.78, 5) is 25.7. The summed E-state index contributed by atoms with van der Waals surface area (Å²) in [6.45, 7) is 5.00. The first kappa shape index (κ1) is 20.6. The number of esters is 1. The van der Waals surface area contributed by atoms with Crippen molar-refractivity contribution in [2.75, 3.05) is 39.4 Å². The number of hydrogen-bond acceptors (Lipinski definition) is 6. The van der Waals surface area contributed by atoms with Crippen LogP contribution in [-0.4, -0.2) is 68.9 Å². The van der Waals surface area contributed by atoms with Gasteiger partial charge in [-0.1, -0.05) is 6.92 Å². The molecule has 0 radical (unpaired) electrons. The summed E-state index contributed by atoms with van der Waals surface area (Å²) in [6.07, 6.45) is 0.815. The van der Waals surface area contributed by atoms with Crippen LogP contribution in [0.25, 0.3) is 0 Å². The molecule has 1 heterocycles. The lowest BCUT2D eigenvalue weighted by atomic mass is 10.3. The molecule has 1 saturated heterocycles. The number of nitrogens with zero attached hydrogens (tertiary/aromatic N) is 2. The molecule has 8 nitrogen and oxygen atoms in total. The molecule has 1 saturated carbocycles. The summed E-state index contributed by atoms with van der Waals surface area (Å²) >= 11 is 0. The van der Waals surface area contributed by atoms with Crippen molar-refractivity contribution in [2.24, 2.45) is 11.8 Å². The van der Waals surface area contributed by atoms with Crippen LogP contribution in [-0.2, 0) is 24.3 Å². The van der Waals surface area contributed by atoms with Crippen LogP contribution in [0.15, 0.2) is 29.2 Å². The SMILES string of the molecule is CCOc1ccc(S(=O)(=O)N2CCN(C(=O)COC(=O)[C@H]3C[C@H]3C)CC2)cc1. The number of sulfonamides is 1. The van der Waals surface area contributed by atoms with Gasteiger partial charge in [0, 0.05) is 26.2 Å². The van der Waals surface area contributed by atoms with E-state index in [0.29, 0.717) is 18.3 Å². The first-order valence-corrected chi connectivity index (χ1v) is 10.9. The average Bonchev–Trinajstić information content (AvgIpc) is 3.43. The van der Waals surface area contributed by atoms with Crippen molar-refractivity contribution in [2.45, 2.75) is 25.2 Å². The molecule has 0 unspecified atom stereocenters. The topological polar surface area (TPSA) is 93.2 Å². The summed E-state index contributed by atoms with van der Waals surface area (Å²) in [7, 11) is -3.62. The fourth-order valence-electron chi connectivity index (χ4n) is 3.18. The molecule has 1 aliphatic carbocycles. The van der Waals surface area contributed by atoms with Gasteiger partial charge < -0.3 is 14.4 Å². The number of amides is 1. The van der Waals surface area contributed by atoms with Gasteiger partial charge in [0.2, 0.25) is 10.0 Å². The molecule has 3 rings (SSSR count). The second-order valence-corrected chi connectivity index (χ2v) is 9.05. The number of rotatable bonds is 7. The Hall–Kier alpha value is -2.13. The molecular weight excluding hydrogens is 384 g/mol. The van der Waals surface area contributed by atoms with Gasteiger partial charge >= 0.3 is 5.97 Å². The zero-order valence-corrected chi connectivity index (χ0v) is 17.0. The highest BCUT2D eigenvalue weighted by Crippen LogP contribution is 2.38. The van der Waals surface area contributed by atoms with Gasteiger partial charge in [0.15, 0.2) is 6.61 Å². The van der Waals surface area contributed by atoms with Gasteiger partial charge in [-0.15, -0.1) is 0 Å². The molecule has 1 aromatic carbocycles. The van der Waals surface area contributed by atoms with Gasteiger partial charge in [-0.05, 0) is 43.5 Å². The van der Waals surface area contributed by atoms with E-state index in [4.69, 9.17) is 9.47 Å². The number of carbonyl (C=O) groups is 2. The van der Waals surface area contributed by atoms with Crippen LogP contribution in [0.5, 0.6) is 5.75 Å². The van der Waals surface area contributed by atoms with E-state index in [2.05, 4.69) is 0 Å². The maximum atomic E-state index is 12.8. The lowest BCUT2D eigenvalue weighted by Crippen LogP contribution is -2.51. The molecule has 0 bridgehead atoms. The number of ether oxygens (including phenoxy) is 2. The maximum absolute atomic E-state index is 12.8. The maximum Gasteiger partial charge on any atom is 0.309 e. The normalized spacial score (nSPS) is 22.6. The Balaban J connectivity index is 1.50. The molecule has 9 heteroatoms. The summed E-state index contributed by atoms with van der Waals surface area (Å²) in [5.74, 6) is 0.257. The van der Waals surface area contributed by atoms with Crippen LogP contribution in [0.2, 0.25) is 0 Å². The van der Waals surface area contributed by atoms with Crippen molar-refractivity contribution in [3.8, 4) is 5.75 Å². The molecule has 1 aliphatic heterocycles. The molecular formula is C19H26N2O6S. The van der Waals surface area contributed by atoms with Crippen molar-refractivity contribution in [3.05, 3.63) is 24.3 Å². The third-order valence-electron chi connectivity index (χ3n) is 5.11. The molecule has 2 aliphatic rings. The quantitative estimate of drug-likeness (QED) is 0.626. The van der Waals surface area contributed by atoms with Crippen molar-refractivity contribution < 1.29 is 27.5 Å². The Bertz CT molecular complexity index is 815. The van der Waals surface area contributed by atoms with E-state index in [1.165, 1.54) is 21.3 Å². The Morgan fingerprint density at radius 2 is 1.71 bits per heavy atom. The number of benzene rings is 1. The van der Waals surface area contributed by atoms with Crippen molar-refractivity contribution in [1.82, 2.24) is 9.21 Å². The van der Waals surface area contributed by atoms with E-state index < -0.39 is 10.0 Å². The number of hydrogen-bond donors (Lipinski definition) is 0. The predicted molar refractivity (Wildman–Crippen MR) is 101 cm³/mol. The summed E-state index contributed by atoms with van der Waals surface area (Å²) in [5.41, 5.74) is 0. The molecule has 0 spiro atoms. The van der Waals surface area contributed by atoms with Crippen LogP contribution in [0.1, 0.15) is 20.3 Å². The third kappa shape index (κ3) is 4.64. The number of piperazine rings is 1. The van der Waals surface area contributed by atoms with Gasteiger partial charge in [-0.2, -0.15) is 4.31 Å². The Morgan fingerprint density at radius 3 is 2.25 bits per heavy atom. The van der Waals surface area contributed by atoms with Crippen LogP contribution in [0, 0.1) is 11.8 Å². The van der Waals surface area contributed by atoms with Crippen molar-refractivity contribution >= 4 is 21.9 Å². The lowest BCUT2D eigenvalue weighted by molar-refractivity contribution is -0.153. The highest BCUT2D eigenvalue weighted by Gasteiger charge is 2.41. The van der Waals surface area contributed by atoms with Gasteiger partial charge in [-0.3, -0.25) is 9.59 Å². The van der Waals surface area contributed by atoms with Gasteiger partial charge in [-0.25, -0.2) is 8.42 Å². The second kappa shape index (κ2) is 8.48. The van der Waals surface area contributed by atoms with Crippen LogP contribution >= 0.6 is 0 Å². The first-order chi connectivity index (χ1) is 13.3. The predicted octanol–water partition coefficient (Wildman–Crippen LogP) is 1.12. The van der Waals surface area contributed by atoms with Crippen LogP contribution < -0.4 is 4.74 Å². The first-order valence-electron chi connectivity index (χ1n) is 9.50. The smallest absolute Gasteiger partial charge is 0.309 e. The zero-order valence-electron chi connectivity index (χ0n) is 16.2. The molecule has 2 atom stereocenters. The standard InChI is InChI=1S/C19H26N2O6S/c1-3-26-15-4-6-16(7-5-15)28(24,25)21-10-8-20(9-11-21)18(22)13-27-19(23)17-12-14(17)2/h4-7,14,17H,3,8-13H2,1-2H3/t14-,17+/m1/s1. The highest BCUT2D eigenvalue weighted by molar-refractivity contribution is 7.89. The fraction of sp³-hybridized carbons (Fsp3) is 0.579. The monoisotopic (exact) mass is 410 g/mol. The zero-order chi connectivity index (χ0) is 20.3. The van der Waals surface area contributed by atoms with E-state index in [1.807, 2.05) is 13.8 Å². The Kier molecular flexibility index (Phi) is 6.24. The van der Waals surface area contributed by atoms with E-state index >= 15 is 0 Å². The molecule has 1 aromatic rings. The Labute approximate surface area is 165 Å². The van der Waals surface area contributed by atoms with Gasteiger partial charge in [0.05, 0.1) is 17.4 Å². The highest BCUT2D eigenvalue weighted by atomic mass is 32.2. The second-order valence-electron chi connectivity index (χ2n) is 7.12. The third-order valence-corrected chi connectivity index (χ3v) is 7.03. The van der Waals surface area contributed by atoms with E-state index in [1.54, 1.807) is 12.1 Å². The molecule has 0 aromatic heterocycles. The lowest BCUT2D eigenvalue weighted by Gasteiger charge is -2.33. The summed E-state index contributed by atoms with van der Waals surface area (Å²) in [5, 5.41) is 0. The largest absolute Gasteiger partial charge is 0.494 e.